The lowest BCUT2D eigenvalue weighted by atomic mass is 10.1. The molecule has 3 rings (SSSR count). The van der Waals surface area contributed by atoms with Crippen LogP contribution in [0.4, 0.5) is 5.82 Å². The molecule has 1 aliphatic rings. The van der Waals surface area contributed by atoms with E-state index >= 15 is 0 Å². The number of aromatic nitrogens is 1. The number of hydrogen-bond donors (Lipinski definition) is 0. The summed E-state index contributed by atoms with van der Waals surface area (Å²) in [6.07, 6.45) is 3.34. The molecule has 0 aliphatic carbocycles. The van der Waals surface area contributed by atoms with Crippen LogP contribution >= 0.6 is 0 Å². The van der Waals surface area contributed by atoms with Crippen molar-refractivity contribution in [3.63, 3.8) is 0 Å². The summed E-state index contributed by atoms with van der Waals surface area (Å²) in [7, 11) is -0.274. The topological polar surface area (TPSA) is 62.7 Å². The van der Waals surface area contributed by atoms with Gasteiger partial charge in [0.2, 0.25) is 10.0 Å². The maximum Gasteiger partial charge on any atom is 0.243 e. The Morgan fingerprint density at radius 3 is 2.36 bits per heavy atom. The Hall–Kier alpha value is -2.12. The van der Waals surface area contributed by atoms with Gasteiger partial charge in [0.15, 0.2) is 0 Å². The third-order valence-electron chi connectivity index (χ3n) is 4.69. The number of benzene rings is 1. The minimum atomic E-state index is -3.50. The van der Waals surface area contributed by atoms with Gasteiger partial charge in [-0.25, -0.2) is 13.4 Å². The highest BCUT2D eigenvalue weighted by Gasteiger charge is 2.31. The summed E-state index contributed by atoms with van der Waals surface area (Å²) in [6, 6.07) is 12.4. The van der Waals surface area contributed by atoms with E-state index in [4.69, 9.17) is 4.74 Å². The molecule has 0 bridgehead atoms. The molecule has 0 N–H and O–H groups in total. The fourth-order valence-electron chi connectivity index (χ4n) is 3.11. The third-order valence-corrected chi connectivity index (χ3v) is 6.61. The molecule has 25 heavy (non-hydrogen) atoms. The molecule has 0 unspecified atom stereocenters. The third kappa shape index (κ3) is 3.77. The molecular weight excluding hydrogens is 338 g/mol. The summed E-state index contributed by atoms with van der Waals surface area (Å²) in [5, 5.41) is 0. The van der Waals surface area contributed by atoms with Gasteiger partial charge < -0.3 is 9.64 Å². The predicted octanol–water partition coefficient (Wildman–Crippen LogP) is 2.38. The molecule has 134 valence electrons. The van der Waals surface area contributed by atoms with Crippen LogP contribution in [0.2, 0.25) is 0 Å². The first kappa shape index (κ1) is 17.7. The second-order valence-corrected chi connectivity index (χ2v) is 8.10. The molecule has 1 aromatic heterocycles. The number of pyridine rings is 1. The second kappa shape index (κ2) is 7.41. The molecule has 0 radical (unpaired) electrons. The van der Waals surface area contributed by atoms with Crippen LogP contribution in [0.5, 0.6) is 5.75 Å². The van der Waals surface area contributed by atoms with E-state index in [0.717, 1.165) is 31.7 Å². The lowest BCUT2D eigenvalue weighted by Crippen LogP contribution is -2.45. The van der Waals surface area contributed by atoms with Gasteiger partial charge in [-0.3, -0.25) is 0 Å². The first-order valence-electron chi connectivity index (χ1n) is 8.30. The number of rotatable bonds is 5. The molecule has 0 saturated carbocycles. The predicted molar refractivity (Wildman–Crippen MR) is 97.4 cm³/mol. The molecule has 1 aliphatic heterocycles. The summed E-state index contributed by atoms with van der Waals surface area (Å²) in [6.45, 7) is 1.59. The summed E-state index contributed by atoms with van der Waals surface area (Å²) >= 11 is 0. The molecular formula is C18H23N3O3S. The van der Waals surface area contributed by atoms with Crippen molar-refractivity contribution in [1.29, 1.82) is 0 Å². The minimum Gasteiger partial charge on any atom is -0.497 e. The van der Waals surface area contributed by atoms with Crippen molar-refractivity contribution in [2.75, 3.05) is 32.1 Å². The molecule has 2 aromatic rings. The van der Waals surface area contributed by atoms with Crippen LogP contribution in [0.25, 0.3) is 0 Å². The van der Waals surface area contributed by atoms with Gasteiger partial charge >= 0.3 is 0 Å². The van der Waals surface area contributed by atoms with Crippen molar-refractivity contribution in [3.8, 4) is 5.75 Å². The second-order valence-electron chi connectivity index (χ2n) is 6.10. The number of ether oxygens (including phenoxy) is 1. The average Bonchev–Trinajstić information content (AvgIpc) is 2.68. The van der Waals surface area contributed by atoms with E-state index in [1.54, 1.807) is 44.6 Å². The van der Waals surface area contributed by atoms with E-state index in [0.29, 0.717) is 10.6 Å². The molecule has 7 heteroatoms. The van der Waals surface area contributed by atoms with Gasteiger partial charge in [0.1, 0.15) is 11.6 Å². The molecule has 6 nitrogen and oxygen atoms in total. The van der Waals surface area contributed by atoms with Crippen molar-refractivity contribution in [2.45, 2.75) is 23.8 Å². The Kier molecular flexibility index (Phi) is 5.24. The van der Waals surface area contributed by atoms with Crippen molar-refractivity contribution in [2.24, 2.45) is 0 Å². The standard InChI is InChI=1S/C18H23N3O3S/c1-20(25(22,23)17-8-6-16(24-2)7-9-17)15-10-13-21(14-11-15)18-5-3-4-12-19-18/h3-9,12,15H,10-11,13-14H2,1-2H3. The normalized spacial score (nSPS) is 16.2. The van der Waals surface area contributed by atoms with E-state index in [1.165, 1.54) is 4.31 Å². The summed E-state index contributed by atoms with van der Waals surface area (Å²) in [4.78, 5) is 6.86. The summed E-state index contributed by atoms with van der Waals surface area (Å²) in [5.74, 6) is 1.59. The summed E-state index contributed by atoms with van der Waals surface area (Å²) < 4.78 is 32.3. The lowest BCUT2D eigenvalue weighted by Gasteiger charge is -2.36. The number of piperidine rings is 1. The van der Waals surface area contributed by atoms with Crippen LogP contribution < -0.4 is 9.64 Å². The maximum absolute atomic E-state index is 12.8. The van der Waals surface area contributed by atoms with E-state index in [1.807, 2.05) is 18.2 Å². The Morgan fingerprint density at radius 1 is 1.12 bits per heavy atom. The molecule has 0 amide bonds. The molecule has 1 saturated heterocycles. The number of nitrogens with zero attached hydrogens (tertiary/aromatic N) is 3. The largest absolute Gasteiger partial charge is 0.497 e. The zero-order chi connectivity index (χ0) is 17.9. The number of hydrogen-bond acceptors (Lipinski definition) is 5. The Bertz CT molecular complexity index is 786. The fourth-order valence-corrected chi connectivity index (χ4v) is 4.53. The van der Waals surface area contributed by atoms with Gasteiger partial charge in [0.25, 0.3) is 0 Å². The van der Waals surface area contributed by atoms with Gasteiger partial charge in [-0.15, -0.1) is 0 Å². The quantitative estimate of drug-likeness (QED) is 0.818. The number of anilines is 1. The molecule has 1 aromatic carbocycles. The smallest absolute Gasteiger partial charge is 0.243 e. The van der Waals surface area contributed by atoms with Crippen molar-refractivity contribution in [3.05, 3.63) is 48.7 Å². The average molecular weight is 361 g/mol. The first-order valence-corrected chi connectivity index (χ1v) is 9.74. The van der Waals surface area contributed by atoms with Crippen LogP contribution in [-0.2, 0) is 10.0 Å². The zero-order valence-corrected chi connectivity index (χ0v) is 15.3. The van der Waals surface area contributed by atoms with Crippen LogP contribution in [0.1, 0.15) is 12.8 Å². The highest BCUT2D eigenvalue weighted by Crippen LogP contribution is 2.25. The molecule has 1 fully saturated rings. The van der Waals surface area contributed by atoms with Crippen molar-refractivity contribution >= 4 is 15.8 Å². The van der Waals surface area contributed by atoms with Gasteiger partial charge in [-0.1, -0.05) is 6.07 Å². The van der Waals surface area contributed by atoms with Crippen LogP contribution in [0, 0.1) is 0 Å². The first-order chi connectivity index (χ1) is 12.0. The molecule has 0 atom stereocenters. The molecule has 0 spiro atoms. The van der Waals surface area contributed by atoms with E-state index in [-0.39, 0.29) is 6.04 Å². The van der Waals surface area contributed by atoms with Gasteiger partial charge in [0.05, 0.1) is 12.0 Å². The van der Waals surface area contributed by atoms with Crippen LogP contribution in [0.3, 0.4) is 0 Å². The number of methoxy groups -OCH3 is 1. The van der Waals surface area contributed by atoms with E-state index < -0.39 is 10.0 Å². The van der Waals surface area contributed by atoms with E-state index in [9.17, 15) is 8.42 Å². The van der Waals surface area contributed by atoms with E-state index in [2.05, 4.69) is 9.88 Å². The minimum absolute atomic E-state index is 0.00735. The van der Waals surface area contributed by atoms with Crippen molar-refractivity contribution < 1.29 is 13.2 Å². The SMILES string of the molecule is COc1ccc(S(=O)(=O)N(C)C2CCN(c3ccccn3)CC2)cc1. The molecule has 2 heterocycles. The van der Waals surface area contributed by atoms with Gasteiger partial charge in [0, 0.05) is 32.4 Å². The Balaban J connectivity index is 1.67. The zero-order valence-electron chi connectivity index (χ0n) is 14.5. The maximum atomic E-state index is 12.8. The fraction of sp³-hybridized carbons (Fsp3) is 0.389. The number of sulfonamides is 1. The Morgan fingerprint density at radius 2 is 1.80 bits per heavy atom. The summed E-state index contributed by atoms with van der Waals surface area (Å²) in [5.41, 5.74) is 0. The van der Waals surface area contributed by atoms with Crippen LogP contribution in [-0.4, -0.2) is 51.0 Å². The monoisotopic (exact) mass is 361 g/mol. The Labute approximate surface area is 149 Å². The van der Waals surface area contributed by atoms with Crippen molar-refractivity contribution in [1.82, 2.24) is 9.29 Å². The van der Waals surface area contributed by atoms with Gasteiger partial charge in [-0.05, 0) is 49.2 Å². The highest BCUT2D eigenvalue weighted by molar-refractivity contribution is 7.89. The van der Waals surface area contributed by atoms with Crippen LogP contribution in [0.15, 0.2) is 53.6 Å². The highest BCUT2D eigenvalue weighted by atomic mass is 32.2. The lowest BCUT2D eigenvalue weighted by molar-refractivity contribution is 0.311. The van der Waals surface area contributed by atoms with Gasteiger partial charge in [-0.2, -0.15) is 4.31 Å².